The molecule has 27 heavy (non-hydrogen) atoms. The third kappa shape index (κ3) is 4.40. The van der Waals surface area contributed by atoms with Crippen molar-refractivity contribution in [2.45, 2.75) is 0 Å². The van der Waals surface area contributed by atoms with E-state index in [1.54, 1.807) is 32.5 Å². The molecule has 0 aliphatic carbocycles. The summed E-state index contributed by atoms with van der Waals surface area (Å²) in [6.07, 6.45) is 1.60. The maximum absolute atomic E-state index is 12.3. The Kier molecular flexibility index (Phi) is 5.98. The number of ether oxygens (including phenoxy) is 1. The number of carbonyl (C=O) groups excluding carboxylic acids is 1. The zero-order valence-electron chi connectivity index (χ0n) is 15.3. The van der Waals surface area contributed by atoms with E-state index in [4.69, 9.17) is 16.3 Å². The molecule has 1 aromatic heterocycles. The third-order valence-corrected chi connectivity index (χ3v) is 4.88. The Bertz CT molecular complexity index is 878. The van der Waals surface area contributed by atoms with E-state index in [9.17, 15) is 9.59 Å². The monoisotopic (exact) mass is 391 g/mol. The molecule has 0 unspecified atom stereocenters. The fourth-order valence-electron chi connectivity index (χ4n) is 3.01. The molecule has 1 saturated heterocycles. The number of anilines is 2. The van der Waals surface area contributed by atoms with Gasteiger partial charge in [-0.25, -0.2) is 4.68 Å². The average Bonchev–Trinajstić information content (AvgIpc) is 2.67. The zero-order chi connectivity index (χ0) is 19.4. The zero-order valence-corrected chi connectivity index (χ0v) is 16.1. The summed E-state index contributed by atoms with van der Waals surface area (Å²) in [5.41, 5.74) is 0.979. The molecule has 0 atom stereocenters. The lowest BCUT2D eigenvalue weighted by molar-refractivity contribution is -0.117. The van der Waals surface area contributed by atoms with E-state index >= 15 is 0 Å². The van der Waals surface area contributed by atoms with Crippen LogP contribution >= 0.6 is 11.6 Å². The van der Waals surface area contributed by atoms with Crippen molar-refractivity contribution in [2.75, 3.05) is 50.1 Å². The van der Waals surface area contributed by atoms with Crippen LogP contribution in [-0.2, 0) is 11.8 Å². The molecule has 0 spiro atoms. The van der Waals surface area contributed by atoms with Crippen LogP contribution in [-0.4, -0.2) is 60.4 Å². The van der Waals surface area contributed by atoms with Gasteiger partial charge in [0.25, 0.3) is 5.56 Å². The number of hydrogen-bond acceptors (Lipinski definition) is 6. The molecule has 1 amide bonds. The summed E-state index contributed by atoms with van der Waals surface area (Å²) in [5.74, 6) is 0.532. The molecular formula is C18H22ClN5O3. The Balaban J connectivity index is 1.56. The molecule has 3 rings (SSSR count). The molecule has 1 N–H and O–H groups in total. The van der Waals surface area contributed by atoms with E-state index in [2.05, 4.69) is 15.3 Å². The SMILES string of the molecule is COc1ccccc1NC(=O)CN1CCN(c2cnn(C)c(=O)c2Cl)CC1. The predicted octanol–water partition coefficient (Wildman–Crippen LogP) is 1.20. The number of aromatic nitrogens is 2. The number of rotatable bonds is 5. The van der Waals surface area contributed by atoms with Gasteiger partial charge in [0.2, 0.25) is 5.91 Å². The van der Waals surface area contributed by atoms with E-state index in [0.717, 1.165) is 0 Å². The third-order valence-electron chi connectivity index (χ3n) is 4.52. The fourth-order valence-corrected chi connectivity index (χ4v) is 3.30. The highest BCUT2D eigenvalue weighted by molar-refractivity contribution is 6.33. The van der Waals surface area contributed by atoms with Crippen LogP contribution in [0.25, 0.3) is 0 Å². The lowest BCUT2D eigenvalue weighted by Gasteiger charge is -2.35. The lowest BCUT2D eigenvalue weighted by Crippen LogP contribution is -2.49. The Morgan fingerprint density at radius 2 is 1.96 bits per heavy atom. The molecule has 1 aliphatic heterocycles. The van der Waals surface area contributed by atoms with Gasteiger partial charge in [0.05, 0.1) is 31.2 Å². The Labute approximate surface area is 162 Å². The second-order valence-corrected chi connectivity index (χ2v) is 6.66. The van der Waals surface area contributed by atoms with Crippen molar-refractivity contribution >= 4 is 28.9 Å². The number of nitrogens with zero attached hydrogens (tertiary/aromatic N) is 4. The molecule has 144 valence electrons. The van der Waals surface area contributed by atoms with Gasteiger partial charge in [0, 0.05) is 33.2 Å². The molecule has 9 heteroatoms. The second kappa shape index (κ2) is 8.41. The summed E-state index contributed by atoms with van der Waals surface area (Å²) < 4.78 is 6.46. The molecular weight excluding hydrogens is 370 g/mol. The van der Waals surface area contributed by atoms with Crippen LogP contribution in [0.4, 0.5) is 11.4 Å². The molecule has 1 aromatic carbocycles. The van der Waals surface area contributed by atoms with Crippen LogP contribution in [0.15, 0.2) is 35.3 Å². The van der Waals surface area contributed by atoms with E-state index in [0.29, 0.717) is 43.3 Å². The van der Waals surface area contributed by atoms with Crippen molar-refractivity contribution < 1.29 is 9.53 Å². The molecule has 0 radical (unpaired) electrons. The number of amides is 1. The van der Waals surface area contributed by atoms with Gasteiger partial charge < -0.3 is 15.0 Å². The van der Waals surface area contributed by atoms with Gasteiger partial charge in [0.1, 0.15) is 10.8 Å². The fraction of sp³-hybridized carbons (Fsp3) is 0.389. The number of piperazine rings is 1. The number of carbonyl (C=O) groups is 1. The molecule has 2 aromatic rings. The molecule has 1 aliphatic rings. The van der Waals surface area contributed by atoms with Crippen LogP contribution in [0.5, 0.6) is 5.75 Å². The van der Waals surface area contributed by atoms with Crippen molar-refractivity contribution in [1.29, 1.82) is 0 Å². The average molecular weight is 392 g/mol. The highest BCUT2D eigenvalue weighted by atomic mass is 35.5. The highest BCUT2D eigenvalue weighted by Crippen LogP contribution is 2.24. The van der Waals surface area contributed by atoms with Crippen LogP contribution in [0.3, 0.4) is 0 Å². The summed E-state index contributed by atoms with van der Waals surface area (Å²) in [6.45, 7) is 2.98. The largest absolute Gasteiger partial charge is 0.495 e. The quantitative estimate of drug-likeness (QED) is 0.825. The number of aryl methyl sites for hydroxylation is 1. The van der Waals surface area contributed by atoms with Crippen LogP contribution < -0.4 is 20.5 Å². The van der Waals surface area contributed by atoms with Crippen molar-refractivity contribution in [3.05, 3.63) is 45.8 Å². The van der Waals surface area contributed by atoms with Gasteiger partial charge in [-0.3, -0.25) is 14.5 Å². The molecule has 0 saturated carbocycles. The Hall–Kier alpha value is -2.58. The first-order valence-electron chi connectivity index (χ1n) is 8.61. The maximum atomic E-state index is 12.3. The number of benzene rings is 1. The minimum atomic E-state index is -0.312. The van der Waals surface area contributed by atoms with Crippen LogP contribution in [0.2, 0.25) is 5.02 Å². The molecule has 8 nitrogen and oxygen atoms in total. The Morgan fingerprint density at radius 3 is 2.67 bits per heavy atom. The summed E-state index contributed by atoms with van der Waals surface area (Å²) in [5, 5.41) is 7.09. The topological polar surface area (TPSA) is 79.7 Å². The summed E-state index contributed by atoms with van der Waals surface area (Å²) >= 11 is 6.17. The molecule has 2 heterocycles. The van der Waals surface area contributed by atoms with Crippen LogP contribution in [0, 0.1) is 0 Å². The Morgan fingerprint density at radius 1 is 1.26 bits per heavy atom. The van der Waals surface area contributed by atoms with Crippen molar-refractivity contribution in [3.8, 4) is 5.75 Å². The minimum Gasteiger partial charge on any atom is -0.495 e. The number of para-hydroxylation sites is 2. The summed E-state index contributed by atoms with van der Waals surface area (Å²) in [6, 6.07) is 7.30. The summed E-state index contributed by atoms with van der Waals surface area (Å²) in [4.78, 5) is 28.4. The van der Waals surface area contributed by atoms with Gasteiger partial charge in [-0.15, -0.1) is 0 Å². The molecule has 0 bridgehead atoms. The van der Waals surface area contributed by atoms with Crippen LogP contribution in [0.1, 0.15) is 0 Å². The summed E-state index contributed by atoms with van der Waals surface area (Å²) in [7, 11) is 3.14. The lowest BCUT2D eigenvalue weighted by atomic mass is 10.2. The number of methoxy groups -OCH3 is 1. The number of halogens is 1. The van der Waals surface area contributed by atoms with Crippen molar-refractivity contribution in [3.63, 3.8) is 0 Å². The first-order chi connectivity index (χ1) is 13.0. The van der Waals surface area contributed by atoms with E-state index < -0.39 is 0 Å². The highest BCUT2D eigenvalue weighted by Gasteiger charge is 2.22. The van der Waals surface area contributed by atoms with Gasteiger partial charge in [-0.1, -0.05) is 23.7 Å². The smallest absolute Gasteiger partial charge is 0.287 e. The van der Waals surface area contributed by atoms with E-state index in [-0.39, 0.29) is 23.0 Å². The normalized spacial score (nSPS) is 14.9. The first-order valence-corrected chi connectivity index (χ1v) is 8.99. The van der Waals surface area contributed by atoms with Gasteiger partial charge in [0.15, 0.2) is 0 Å². The second-order valence-electron chi connectivity index (χ2n) is 6.28. The van der Waals surface area contributed by atoms with Crippen molar-refractivity contribution in [2.24, 2.45) is 7.05 Å². The van der Waals surface area contributed by atoms with Gasteiger partial charge >= 0.3 is 0 Å². The molecule has 1 fully saturated rings. The predicted molar refractivity (Wildman–Crippen MR) is 105 cm³/mol. The van der Waals surface area contributed by atoms with E-state index in [1.165, 1.54) is 4.68 Å². The van der Waals surface area contributed by atoms with E-state index in [1.807, 2.05) is 17.0 Å². The minimum absolute atomic E-state index is 0.0961. The maximum Gasteiger partial charge on any atom is 0.287 e. The standard InChI is InChI=1S/C18H22ClN5O3/c1-22-18(26)17(19)14(11-20-22)24-9-7-23(8-10-24)12-16(25)21-13-5-3-4-6-15(13)27-2/h3-6,11H,7-10,12H2,1-2H3,(H,21,25). The number of nitrogens with one attached hydrogen (secondary N) is 1. The van der Waals surface area contributed by atoms with Crippen molar-refractivity contribution in [1.82, 2.24) is 14.7 Å². The van der Waals surface area contributed by atoms with Gasteiger partial charge in [-0.05, 0) is 12.1 Å². The van der Waals surface area contributed by atoms with Gasteiger partial charge in [-0.2, -0.15) is 5.10 Å². The number of hydrogen-bond donors (Lipinski definition) is 1. The first kappa shape index (κ1) is 19.2.